The highest BCUT2D eigenvalue weighted by molar-refractivity contribution is 7.22. The lowest BCUT2D eigenvalue weighted by Crippen LogP contribution is -2.61. The maximum absolute atomic E-state index is 6.43. The molecular weight excluding hydrogens is 774 g/mol. The second-order valence-corrected chi connectivity index (χ2v) is 22.9. The van der Waals surface area contributed by atoms with Crippen molar-refractivity contribution in [1.29, 1.82) is 0 Å². The van der Waals surface area contributed by atoms with Crippen molar-refractivity contribution in [2.75, 3.05) is 9.80 Å². The van der Waals surface area contributed by atoms with Gasteiger partial charge in [0.15, 0.2) is 0 Å². The van der Waals surface area contributed by atoms with Gasteiger partial charge in [-0.25, -0.2) is 4.98 Å². The largest absolute Gasteiger partial charge is 0.456 e. The van der Waals surface area contributed by atoms with E-state index in [2.05, 4.69) is 215 Å². The molecule has 0 unspecified atom stereocenters. The molecule has 4 nitrogen and oxygen atoms in total. The van der Waals surface area contributed by atoms with E-state index in [-0.39, 0.29) is 28.4 Å². The van der Waals surface area contributed by atoms with Crippen molar-refractivity contribution < 1.29 is 4.42 Å². The first kappa shape index (κ1) is 40.5. The number of nitrogens with zero attached hydrogens (tertiary/aromatic N) is 3. The van der Waals surface area contributed by atoms with E-state index in [4.69, 9.17) is 9.40 Å². The minimum Gasteiger partial charge on any atom is -0.456 e. The molecule has 312 valence electrons. The molecule has 8 aromatic rings. The maximum Gasteiger partial charge on any atom is 0.276 e. The second-order valence-electron chi connectivity index (χ2n) is 21.9. The smallest absolute Gasteiger partial charge is 0.276 e. The fraction of sp³-hybridized carbons (Fsp3) is 0.304. The number of aromatic nitrogens is 1. The Hall–Kier alpha value is -5.59. The van der Waals surface area contributed by atoms with Crippen LogP contribution in [-0.4, -0.2) is 11.7 Å². The van der Waals surface area contributed by atoms with Crippen LogP contribution in [0.15, 0.2) is 120 Å². The van der Waals surface area contributed by atoms with E-state index in [9.17, 15) is 0 Å². The number of thiazole rings is 1. The Bertz CT molecular complexity index is 3070. The molecule has 6 heteroatoms. The molecule has 0 saturated carbocycles. The van der Waals surface area contributed by atoms with Crippen LogP contribution in [0.5, 0.6) is 0 Å². The lowest BCUT2D eigenvalue weighted by Gasteiger charge is -2.43. The summed E-state index contributed by atoms with van der Waals surface area (Å²) in [6.45, 7) is 29.7. The summed E-state index contributed by atoms with van der Waals surface area (Å²) in [6.07, 6.45) is 0. The van der Waals surface area contributed by atoms with Crippen LogP contribution in [-0.2, 0) is 21.7 Å². The Morgan fingerprint density at radius 2 is 0.984 bits per heavy atom. The normalized spacial score (nSPS) is 14.1. The first-order chi connectivity index (χ1) is 29.1. The molecule has 0 aliphatic carbocycles. The predicted molar refractivity (Wildman–Crippen MR) is 268 cm³/mol. The molecule has 0 N–H and O–H groups in total. The van der Waals surface area contributed by atoms with Gasteiger partial charge in [-0.3, -0.25) is 0 Å². The second kappa shape index (κ2) is 13.7. The highest BCUT2D eigenvalue weighted by atomic mass is 32.1. The van der Waals surface area contributed by atoms with Crippen molar-refractivity contribution >= 4 is 89.9 Å². The summed E-state index contributed by atoms with van der Waals surface area (Å²) in [5.41, 5.74) is 19.1. The zero-order valence-electron chi connectivity index (χ0n) is 38.7. The van der Waals surface area contributed by atoms with Gasteiger partial charge in [0.2, 0.25) is 0 Å². The van der Waals surface area contributed by atoms with Gasteiger partial charge in [0, 0.05) is 44.8 Å². The number of hydrogen-bond donors (Lipinski definition) is 0. The van der Waals surface area contributed by atoms with Crippen LogP contribution in [0.4, 0.5) is 33.4 Å². The topological polar surface area (TPSA) is 32.5 Å². The third-order valence-corrected chi connectivity index (χ3v) is 14.3. The summed E-state index contributed by atoms with van der Waals surface area (Å²) >= 11 is 1.80. The Morgan fingerprint density at radius 3 is 1.56 bits per heavy atom. The van der Waals surface area contributed by atoms with Gasteiger partial charge in [0.05, 0.1) is 5.59 Å². The summed E-state index contributed by atoms with van der Waals surface area (Å²) in [6, 6.07) is 43.8. The van der Waals surface area contributed by atoms with Gasteiger partial charge in [-0.2, -0.15) is 0 Å². The number of benzene rings is 6. The summed E-state index contributed by atoms with van der Waals surface area (Å²) < 4.78 is 6.43. The molecule has 2 aliphatic rings. The van der Waals surface area contributed by atoms with Gasteiger partial charge in [0.1, 0.15) is 21.2 Å². The molecule has 6 aromatic carbocycles. The molecule has 0 amide bonds. The molecular formula is C56H58BN3OS. The minimum atomic E-state index is -0.0686. The molecule has 62 heavy (non-hydrogen) atoms. The first-order valence-electron chi connectivity index (χ1n) is 22.2. The molecule has 10 rings (SSSR count). The number of aryl methyl sites for hydroxylation is 1. The Balaban J connectivity index is 1.24. The molecule has 0 fully saturated rings. The molecule has 0 radical (unpaired) electrons. The number of fused-ring (bicyclic) bond motifs is 7. The predicted octanol–water partition coefficient (Wildman–Crippen LogP) is 14.3. The van der Waals surface area contributed by atoms with Crippen molar-refractivity contribution in [3.63, 3.8) is 0 Å². The molecule has 2 aromatic heterocycles. The number of rotatable bonds is 3. The summed E-state index contributed by atoms with van der Waals surface area (Å²) in [7, 11) is 0. The molecule has 4 heterocycles. The van der Waals surface area contributed by atoms with E-state index in [0.29, 0.717) is 0 Å². The van der Waals surface area contributed by atoms with Crippen LogP contribution in [0.3, 0.4) is 0 Å². The van der Waals surface area contributed by atoms with Crippen molar-refractivity contribution in [2.45, 2.75) is 112 Å². The lowest BCUT2D eigenvalue weighted by atomic mass is 9.35. The van der Waals surface area contributed by atoms with Gasteiger partial charge in [-0.1, -0.05) is 137 Å². The summed E-state index contributed by atoms with van der Waals surface area (Å²) in [5.74, 6) is 0. The lowest BCUT2D eigenvalue weighted by molar-refractivity contribution is 0.590. The minimum absolute atomic E-state index is 0.0269. The first-order valence-corrected chi connectivity index (χ1v) is 23.0. The van der Waals surface area contributed by atoms with Crippen molar-refractivity contribution in [1.82, 2.24) is 4.98 Å². The van der Waals surface area contributed by atoms with Crippen molar-refractivity contribution in [3.8, 4) is 10.6 Å². The average Bonchev–Trinajstić information content (AvgIpc) is 3.81. The van der Waals surface area contributed by atoms with E-state index in [0.717, 1.165) is 49.5 Å². The van der Waals surface area contributed by atoms with Crippen LogP contribution in [0.1, 0.15) is 111 Å². The highest BCUT2D eigenvalue weighted by Gasteiger charge is 2.46. The van der Waals surface area contributed by atoms with Gasteiger partial charge >= 0.3 is 0 Å². The van der Waals surface area contributed by atoms with Crippen molar-refractivity contribution in [3.05, 3.63) is 143 Å². The Kier molecular flexibility index (Phi) is 8.95. The Morgan fingerprint density at radius 1 is 0.500 bits per heavy atom. The zero-order valence-corrected chi connectivity index (χ0v) is 39.5. The van der Waals surface area contributed by atoms with Gasteiger partial charge in [-0.15, -0.1) is 0 Å². The Labute approximate surface area is 372 Å². The average molecular weight is 832 g/mol. The number of furan rings is 1. The van der Waals surface area contributed by atoms with Gasteiger partial charge < -0.3 is 14.2 Å². The third-order valence-electron chi connectivity index (χ3n) is 13.2. The van der Waals surface area contributed by atoms with Crippen LogP contribution < -0.4 is 26.3 Å². The third kappa shape index (κ3) is 6.60. The summed E-state index contributed by atoms with van der Waals surface area (Å²) in [4.78, 5) is 10.8. The highest BCUT2D eigenvalue weighted by Crippen LogP contribution is 2.48. The van der Waals surface area contributed by atoms with Crippen LogP contribution in [0.2, 0.25) is 0 Å². The SMILES string of the molecule is Cc1cc2c3c(c1)N(c1ccc(C(C)(C)C)cc1)c1sc(-c4ccc5oc6ccc(C(C)(C)C)cc6c5c4)nc1B3c1cc(C(C)(C)C)ccc1N2c1ccc(C(C)(C)C)cc1. The number of anilines is 6. The molecule has 2 aliphatic heterocycles. The zero-order chi connectivity index (χ0) is 43.8. The van der Waals surface area contributed by atoms with E-state index in [1.165, 1.54) is 60.8 Å². The van der Waals surface area contributed by atoms with E-state index in [1.54, 1.807) is 11.3 Å². The van der Waals surface area contributed by atoms with Crippen LogP contribution in [0, 0.1) is 6.92 Å². The molecule has 0 spiro atoms. The van der Waals surface area contributed by atoms with Crippen LogP contribution in [0.25, 0.3) is 32.5 Å². The molecule has 0 bridgehead atoms. The monoisotopic (exact) mass is 831 g/mol. The van der Waals surface area contributed by atoms with E-state index >= 15 is 0 Å². The standard InChI is InChI=1S/C56H58BN3OS/c1-33-28-45-49-46(29-33)60(40-23-17-36(18-24-40)54(5,6)7)52-50(58-51(62-52)34-14-26-47-41(30-34)42-31-37(55(8,9)10)20-27-48(42)61-47)57(49)43-32-38(56(11,12)13)19-25-44(43)59(45)39-21-15-35(16-22-39)53(2,3)4/h14-32H,1-13H3. The van der Waals surface area contributed by atoms with Crippen LogP contribution >= 0.6 is 11.3 Å². The molecule has 0 atom stereocenters. The van der Waals surface area contributed by atoms with Gasteiger partial charge in [-0.05, 0) is 140 Å². The van der Waals surface area contributed by atoms with Crippen molar-refractivity contribution in [2.24, 2.45) is 0 Å². The fourth-order valence-corrected chi connectivity index (χ4v) is 10.6. The maximum atomic E-state index is 6.43. The van der Waals surface area contributed by atoms with Gasteiger partial charge in [0.25, 0.3) is 6.71 Å². The quantitative estimate of drug-likeness (QED) is 0.166. The molecule has 0 saturated heterocycles. The number of hydrogen-bond acceptors (Lipinski definition) is 5. The van der Waals surface area contributed by atoms with E-state index < -0.39 is 0 Å². The summed E-state index contributed by atoms with van der Waals surface area (Å²) in [5, 5.41) is 4.45. The van der Waals surface area contributed by atoms with E-state index in [1.807, 2.05) is 0 Å². The fourth-order valence-electron chi connectivity index (χ4n) is 9.49.